The van der Waals surface area contributed by atoms with Crippen LogP contribution in [0.15, 0.2) is 0 Å². The van der Waals surface area contributed by atoms with Gasteiger partial charge in [-0.25, -0.2) is 0 Å². The van der Waals surface area contributed by atoms with Crippen molar-refractivity contribution in [2.45, 2.75) is 76.3 Å². The number of likely N-dealkylation sites (tertiary alicyclic amines) is 1. The lowest BCUT2D eigenvalue weighted by molar-refractivity contribution is -0.138. The molecule has 1 amide bonds. The van der Waals surface area contributed by atoms with E-state index in [9.17, 15) is 4.79 Å². The Balaban J connectivity index is 1.91. The maximum Gasteiger partial charge on any atom is 0.239 e. The third-order valence-corrected chi connectivity index (χ3v) is 5.44. The summed E-state index contributed by atoms with van der Waals surface area (Å²) in [6.07, 6.45) is 5.86. The van der Waals surface area contributed by atoms with Crippen LogP contribution in [0.25, 0.3) is 0 Å². The number of carbonyl (C=O) groups excluding carboxylic acids is 1. The van der Waals surface area contributed by atoms with Crippen LogP contribution < -0.4 is 5.32 Å². The maximum atomic E-state index is 12.6. The van der Waals surface area contributed by atoms with Crippen LogP contribution in [0.5, 0.6) is 0 Å². The van der Waals surface area contributed by atoms with Crippen LogP contribution in [0.2, 0.25) is 0 Å². The van der Waals surface area contributed by atoms with Gasteiger partial charge < -0.3 is 10.2 Å². The van der Waals surface area contributed by atoms with Crippen molar-refractivity contribution in [1.29, 1.82) is 0 Å². The third kappa shape index (κ3) is 3.88. The molecule has 19 heavy (non-hydrogen) atoms. The number of amides is 1. The molecule has 2 aliphatic rings. The van der Waals surface area contributed by atoms with E-state index in [0.29, 0.717) is 18.0 Å². The van der Waals surface area contributed by atoms with Crippen LogP contribution in [0, 0.1) is 0 Å². The Morgan fingerprint density at radius 3 is 2.84 bits per heavy atom. The molecular weight excluding hydrogens is 256 g/mol. The van der Waals surface area contributed by atoms with Crippen molar-refractivity contribution in [3.05, 3.63) is 0 Å². The lowest BCUT2D eigenvalue weighted by Gasteiger charge is -2.37. The Hall–Kier alpha value is -0.220. The summed E-state index contributed by atoms with van der Waals surface area (Å²) in [7, 11) is 0. The predicted molar refractivity (Wildman–Crippen MR) is 82.6 cm³/mol. The molecule has 4 heteroatoms. The second kappa shape index (κ2) is 6.98. The summed E-state index contributed by atoms with van der Waals surface area (Å²) in [5, 5.41) is 4.20. The summed E-state index contributed by atoms with van der Waals surface area (Å²) in [6.45, 7) is 7.45. The van der Waals surface area contributed by atoms with E-state index in [2.05, 4.69) is 42.7 Å². The smallest absolute Gasteiger partial charge is 0.239 e. The molecule has 3 nitrogen and oxygen atoms in total. The second-order valence-electron chi connectivity index (χ2n) is 6.09. The van der Waals surface area contributed by atoms with Gasteiger partial charge in [-0.3, -0.25) is 4.79 Å². The topological polar surface area (TPSA) is 32.3 Å². The summed E-state index contributed by atoms with van der Waals surface area (Å²) in [5.74, 6) is 1.55. The first kappa shape index (κ1) is 15.2. The Morgan fingerprint density at radius 2 is 2.16 bits per heavy atom. The average Bonchev–Trinajstić information content (AvgIpc) is 2.80. The second-order valence-corrected chi connectivity index (χ2v) is 7.67. The zero-order valence-electron chi connectivity index (χ0n) is 12.5. The number of nitrogens with zero attached hydrogens (tertiary/aromatic N) is 1. The van der Waals surface area contributed by atoms with Gasteiger partial charge in [-0.1, -0.05) is 20.8 Å². The molecule has 0 aromatic carbocycles. The Kier molecular flexibility index (Phi) is 5.58. The van der Waals surface area contributed by atoms with Gasteiger partial charge in [-0.15, -0.1) is 0 Å². The van der Waals surface area contributed by atoms with Crippen LogP contribution in [-0.2, 0) is 4.79 Å². The average molecular weight is 284 g/mol. The predicted octanol–water partition coefficient (Wildman–Crippen LogP) is 2.65. The van der Waals surface area contributed by atoms with Crippen molar-refractivity contribution in [3.63, 3.8) is 0 Å². The molecule has 1 N–H and O–H groups in total. The number of carbonyl (C=O) groups is 1. The fourth-order valence-electron chi connectivity index (χ4n) is 3.41. The van der Waals surface area contributed by atoms with Crippen molar-refractivity contribution in [2.24, 2.45) is 0 Å². The lowest BCUT2D eigenvalue weighted by atomic mass is 10.0. The summed E-state index contributed by atoms with van der Waals surface area (Å²) in [4.78, 5) is 14.7. The zero-order valence-corrected chi connectivity index (χ0v) is 13.3. The number of thioether (sulfide) groups is 1. The molecule has 0 bridgehead atoms. The van der Waals surface area contributed by atoms with Gasteiger partial charge in [-0.05, 0) is 37.9 Å². The molecule has 1 heterocycles. The van der Waals surface area contributed by atoms with Gasteiger partial charge >= 0.3 is 0 Å². The van der Waals surface area contributed by atoms with Gasteiger partial charge in [0.15, 0.2) is 0 Å². The van der Waals surface area contributed by atoms with Crippen molar-refractivity contribution in [3.8, 4) is 0 Å². The molecule has 1 aliphatic carbocycles. The molecule has 0 aromatic rings. The van der Waals surface area contributed by atoms with Crippen molar-refractivity contribution < 1.29 is 4.79 Å². The molecule has 1 saturated carbocycles. The van der Waals surface area contributed by atoms with Crippen molar-refractivity contribution in [1.82, 2.24) is 10.2 Å². The number of hydrogen-bond acceptors (Lipinski definition) is 3. The molecular formula is C15H28N2OS. The standard InChI is InChI=1S/C15H28N2OS/c1-4-19-13-8-7-12(10-13)17-9-5-6-14(15(17)18)16-11(2)3/h11-14,16H,4-10H2,1-3H3. The minimum atomic E-state index is 0.0617. The van der Waals surface area contributed by atoms with Crippen molar-refractivity contribution in [2.75, 3.05) is 12.3 Å². The zero-order chi connectivity index (χ0) is 13.8. The van der Waals surface area contributed by atoms with Crippen molar-refractivity contribution >= 4 is 17.7 Å². The van der Waals surface area contributed by atoms with E-state index in [1.807, 2.05) is 0 Å². The Labute approximate surface area is 121 Å². The van der Waals surface area contributed by atoms with Gasteiger partial charge in [0.2, 0.25) is 5.91 Å². The first-order chi connectivity index (χ1) is 9.11. The molecule has 3 unspecified atom stereocenters. The van der Waals surface area contributed by atoms with Gasteiger partial charge in [0, 0.05) is 23.9 Å². The number of piperidine rings is 1. The fourth-order valence-corrected chi connectivity index (χ4v) is 4.54. The van der Waals surface area contributed by atoms with Gasteiger partial charge in [-0.2, -0.15) is 11.8 Å². The molecule has 0 radical (unpaired) electrons. The Bertz CT molecular complexity index is 309. The molecule has 0 aromatic heterocycles. The van der Waals surface area contributed by atoms with Crippen LogP contribution in [-0.4, -0.2) is 46.5 Å². The molecule has 1 saturated heterocycles. The Morgan fingerprint density at radius 1 is 1.37 bits per heavy atom. The van der Waals surface area contributed by atoms with E-state index < -0.39 is 0 Å². The highest BCUT2D eigenvalue weighted by molar-refractivity contribution is 7.99. The molecule has 2 fully saturated rings. The van der Waals surface area contributed by atoms with Crippen LogP contribution >= 0.6 is 11.8 Å². The molecule has 2 rings (SSSR count). The highest BCUT2D eigenvalue weighted by atomic mass is 32.2. The SMILES string of the molecule is CCSC1CCC(N2CCCC(NC(C)C)C2=O)C1. The normalized spacial score (nSPS) is 32.3. The van der Waals surface area contributed by atoms with Gasteiger partial charge in [0.05, 0.1) is 6.04 Å². The van der Waals surface area contributed by atoms with E-state index in [0.717, 1.165) is 24.6 Å². The first-order valence-electron chi connectivity index (χ1n) is 7.80. The highest BCUT2D eigenvalue weighted by Gasteiger charge is 2.36. The summed E-state index contributed by atoms with van der Waals surface area (Å²) in [5.41, 5.74) is 0. The minimum Gasteiger partial charge on any atom is -0.338 e. The molecule has 1 aliphatic heterocycles. The van der Waals surface area contributed by atoms with Gasteiger partial charge in [0.1, 0.15) is 0 Å². The van der Waals surface area contributed by atoms with Crippen LogP contribution in [0.1, 0.15) is 52.9 Å². The summed E-state index contributed by atoms with van der Waals surface area (Å²) >= 11 is 2.07. The monoisotopic (exact) mass is 284 g/mol. The first-order valence-corrected chi connectivity index (χ1v) is 8.84. The van der Waals surface area contributed by atoms with Crippen LogP contribution in [0.4, 0.5) is 0 Å². The number of nitrogens with one attached hydrogen (secondary N) is 1. The molecule has 110 valence electrons. The van der Waals surface area contributed by atoms with Gasteiger partial charge in [0.25, 0.3) is 0 Å². The quantitative estimate of drug-likeness (QED) is 0.842. The summed E-state index contributed by atoms with van der Waals surface area (Å²) in [6, 6.07) is 0.959. The molecule has 0 spiro atoms. The van der Waals surface area contributed by atoms with E-state index in [1.54, 1.807) is 0 Å². The lowest BCUT2D eigenvalue weighted by Crippen LogP contribution is -2.55. The minimum absolute atomic E-state index is 0.0617. The fraction of sp³-hybridized carbons (Fsp3) is 0.933. The number of hydrogen-bond donors (Lipinski definition) is 1. The maximum absolute atomic E-state index is 12.6. The number of rotatable bonds is 5. The van der Waals surface area contributed by atoms with E-state index in [-0.39, 0.29) is 6.04 Å². The van der Waals surface area contributed by atoms with Crippen LogP contribution in [0.3, 0.4) is 0 Å². The van der Waals surface area contributed by atoms with E-state index in [1.165, 1.54) is 25.0 Å². The largest absolute Gasteiger partial charge is 0.338 e. The van der Waals surface area contributed by atoms with E-state index in [4.69, 9.17) is 0 Å². The van der Waals surface area contributed by atoms with E-state index >= 15 is 0 Å². The third-order valence-electron chi connectivity index (χ3n) is 4.21. The highest BCUT2D eigenvalue weighted by Crippen LogP contribution is 2.34. The summed E-state index contributed by atoms with van der Waals surface area (Å²) < 4.78 is 0. The molecule has 3 atom stereocenters.